The van der Waals surface area contributed by atoms with E-state index < -0.39 is 0 Å². The number of allylic oxidation sites excluding steroid dienone is 2. The zero-order valence-corrected chi connectivity index (χ0v) is 10.3. The highest BCUT2D eigenvalue weighted by Crippen LogP contribution is 2.06. The van der Waals surface area contributed by atoms with Gasteiger partial charge in [-0.05, 0) is 30.4 Å². The van der Waals surface area contributed by atoms with Gasteiger partial charge in [-0.25, -0.2) is 0 Å². The molecule has 0 heterocycles. The number of alkyl halides is 1. The maximum Gasteiger partial charge on any atom is 0.00659 e. The number of rotatable bonds is 5. The van der Waals surface area contributed by atoms with Crippen LogP contribution in [0.2, 0.25) is 0 Å². The van der Waals surface area contributed by atoms with Crippen molar-refractivity contribution in [3.05, 3.63) is 47.5 Å². The molecular weight excluding hydrogens is 236 g/mol. The number of hydrogen-bond donors (Lipinski definition) is 0. The van der Waals surface area contributed by atoms with E-state index in [1.54, 1.807) is 0 Å². The fourth-order valence-corrected chi connectivity index (χ4v) is 1.58. The van der Waals surface area contributed by atoms with Crippen LogP contribution in [0.15, 0.2) is 36.4 Å². The Morgan fingerprint density at radius 1 is 1.07 bits per heavy atom. The largest absolute Gasteiger partial charge is 0.0925 e. The van der Waals surface area contributed by atoms with Crippen molar-refractivity contribution in [2.45, 2.75) is 26.2 Å². The maximum absolute atomic E-state index is 3.40. The van der Waals surface area contributed by atoms with Crippen LogP contribution in [0, 0.1) is 0 Å². The zero-order valence-electron chi connectivity index (χ0n) is 8.67. The molecule has 0 aromatic heterocycles. The fraction of sp³-hybridized carbons (Fsp3) is 0.385. The minimum absolute atomic E-state index is 1.05. The monoisotopic (exact) mass is 252 g/mol. The summed E-state index contributed by atoms with van der Waals surface area (Å²) in [5.74, 6) is 0. The molecule has 0 fully saturated rings. The third-order valence-corrected chi connectivity index (χ3v) is 2.69. The molecule has 0 aliphatic rings. The Hall–Kier alpha value is -0.560. The number of benzene rings is 1. The lowest BCUT2D eigenvalue weighted by Gasteiger charge is -1.98. The predicted octanol–water partition coefficient (Wildman–Crippen LogP) is 4.13. The molecule has 1 aromatic carbocycles. The van der Waals surface area contributed by atoms with E-state index in [2.05, 4.69) is 59.3 Å². The molecule has 1 aromatic rings. The minimum atomic E-state index is 1.05. The average Bonchev–Trinajstić information content (AvgIpc) is 2.25. The zero-order chi connectivity index (χ0) is 10.2. The van der Waals surface area contributed by atoms with Crippen molar-refractivity contribution in [2.24, 2.45) is 0 Å². The molecule has 0 unspecified atom stereocenters. The van der Waals surface area contributed by atoms with E-state index in [1.807, 2.05) is 0 Å². The highest BCUT2D eigenvalue weighted by Gasteiger charge is 1.90. The molecule has 0 saturated carbocycles. The van der Waals surface area contributed by atoms with Gasteiger partial charge in [-0.15, -0.1) is 0 Å². The number of aryl methyl sites for hydroxylation is 1. The Labute approximate surface area is 95.2 Å². The van der Waals surface area contributed by atoms with Gasteiger partial charge in [0.2, 0.25) is 0 Å². The Morgan fingerprint density at radius 3 is 2.29 bits per heavy atom. The topological polar surface area (TPSA) is 0 Å². The Bertz CT molecular complexity index is 272. The SMILES string of the molecule is CCc1ccc(CC=CCCBr)cc1. The average molecular weight is 253 g/mol. The molecule has 1 heteroatoms. The van der Waals surface area contributed by atoms with Crippen molar-refractivity contribution in [2.75, 3.05) is 5.33 Å². The molecule has 0 radical (unpaired) electrons. The van der Waals surface area contributed by atoms with Gasteiger partial charge in [-0.3, -0.25) is 0 Å². The highest BCUT2D eigenvalue weighted by atomic mass is 79.9. The van der Waals surface area contributed by atoms with Gasteiger partial charge < -0.3 is 0 Å². The van der Waals surface area contributed by atoms with Crippen LogP contribution in [0.4, 0.5) is 0 Å². The lowest BCUT2D eigenvalue weighted by molar-refractivity contribution is 1.12. The van der Waals surface area contributed by atoms with Crippen LogP contribution in [-0.2, 0) is 12.8 Å². The van der Waals surface area contributed by atoms with Gasteiger partial charge in [0.15, 0.2) is 0 Å². The molecule has 0 amide bonds. The van der Waals surface area contributed by atoms with Gasteiger partial charge in [0, 0.05) is 5.33 Å². The summed E-state index contributed by atoms with van der Waals surface area (Å²) in [6.07, 6.45) is 7.76. The van der Waals surface area contributed by atoms with Crippen molar-refractivity contribution in [1.29, 1.82) is 0 Å². The first kappa shape index (κ1) is 11.5. The summed E-state index contributed by atoms with van der Waals surface area (Å²) in [5, 5.41) is 1.05. The van der Waals surface area contributed by atoms with E-state index in [0.717, 1.165) is 24.6 Å². The van der Waals surface area contributed by atoms with Gasteiger partial charge in [0.1, 0.15) is 0 Å². The third kappa shape index (κ3) is 4.10. The van der Waals surface area contributed by atoms with E-state index in [-0.39, 0.29) is 0 Å². The van der Waals surface area contributed by atoms with Crippen LogP contribution in [-0.4, -0.2) is 5.33 Å². The molecule has 76 valence electrons. The summed E-state index contributed by atoms with van der Waals surface area (Å²) in [6.45, 7) is 2.19. The molecule has 0 aliphatic carbocycles. The Kier molecular flexibility index (Phi) is 5.62. The smallest absolute Gasteiger partial charge is 0.00659 e. The van der Waals surface area contributed by atoms with Crippen molar-refractivity contribution in [1.82, 2.24) is 0 Å². The van der Waals surface area contributed by atoms with Crippen molar-refractivity contribution < 1.29 is 0 Å². The van der Waals surface area contributed by atoms with Gasteiger partial charge >= 0.3 is 0 Å². The van der Waals surface area contributed by atoms with Gasteiger partial charge in [0.25, 0.3) is 0 Å². The van der Waals surface area contributed by atoms with E-state index in [9.17, 15) is 0 Å². The fourth-order valence-electron chi connectivity index (χ4n) is 1.31. The summed E-state index contributed by atoms with van der Waals surface area (Å²) in [7, 11) is 0. The third-order valence-electron chi connectivity index (χ3n) is 2.23. The van der Waals surface area contributed by atoms with Gasteiger partial charge in [-0.2, -0.15) is 0 Å². The molecule has 0 bridgehead atoms. The lowest BCUT2D eigenvalue weighted by Crippen LogP contribution is -1.83. The summed E-state index contributed by atoms with van der Waals surface area (Å²) >= 11 is 3.40. The molecule has 0 N–H and O–H groups in total. The van der Waals surface area contributed by atoms with Crippen LogP contribution in [0.1, 0.15) is 24.5 Å². The molecule has 0 saturated heterocycles. The molecule has 1 rings (SSSR count). The van der Waals surface area contributed by atoms with E-state index >= 15 is 0 Å². The minimum Gasteiger partial charge on any atom is -0.0925 e. The molecule has 0 atom stereocenters. The van der Waals surface area contributed by atoms with Gasteiger partial charge in [0.05, 0.1) is 0 Å². The van der Waals surface area contributed by atoms with Crippen molar-refractivity contribution in [3.63, 3.8) is 0 Å². The molecule has 14 heavy (non-hydrogen) atoms. The molecule has 0 spiro atoms. The normalized spacial score (nSPS) is 11.0. The quantitative estimate of drug-likeness (QED) is 0.546. The van der Waals surface area contributed by atoms with E-state index in [0.29, 0.717) is 0 Å². The van der Waals surface area contributed by atoms with Crippen molar-refractivity contribution in [3.8, 4) is 0 Å². The second kappa shape index (κ2) is 6.83. The summed E-state index contributed by atoms with van der Waals surface area (Å²) < 4.78 is 0. The van der Waals surface area contributed by atoms with Crippen LogP contribution in [0.3, 0.4) is 0 Å². The second-order valence-corrected chi connectivity index (χ2v) is 4.12. The van der Waals surface area contributed by atoms with Crippen LogP contribution >= 0.6 is 15.9 Å². The molecule has 0 aliphatic heterocycles. The van der Waals surface area contributed by atoms with E-state index in [1.165, 1.54) is 11.1 Å². The first-order valence-corrected chi connectivity index (χ1v) is 6.27. The Balaban J connectivity index is 2.43. The van der Waals surface area contributed by atoms with Crippen molar-refractivity contribution >= 4 is 15.9 Å². The van der Waals surface area contributed by atoms with Crippen LogP contribution in [0.5, 0.6) is 0 Å². The Morgan fingerprint density at radius 2 is 1.71 bits per heavy atom. The summed E-state index contributed by atoms with van der Waals surface area (Å²) in [5.41, 5.74) is 2.81. The second-order valence-electron chi connectivity index (χ2n) is 3.32. The van der Waals surface area contributed by atoms with E-state index in [4.69, 9.17) is 0 Å². The number of hydrogen-bond acceptors (Lipinski definition) is 0. The molecule has 0 nitrogen and oxygen atoms in total. The molecular formula is C13H17Br. The summed E-state index contributed by atoms with van der Waals surface area (Å²) in [4.78, 5) is 0. The maximum atomic E-state index is 3.40. The lowest BCUT2D eigenvalue weighted by atomic mass is 10.1. The van der Waals surface area contributed by atoms with Crippen LogP contribution < -0.4 is 0 Å². The van der Waals surface area contributed by atoms with Crippen LogP contribution in [0.25, 0.3) is 0 Å². The summed E-state index contributed by atoms with van der Waals surface area (Å²) in [6, 6.07) is 8.87. The number of halogens is 1. The standard InChI is InChI=1S/C13H17Br/c1-2-12-7-9-13(10-8-12)6-4-3-5-11-14/h3-4,7-10H,2,5-6,11H2,1H3. The first-order chi connectivity index (χ1) is 6.86. The van der Waals surface area contributed by atoms with Gasteiger partial charge in [-0.1, -0.05) is 59.3 Å². The predicted molar refractivity (Wildman–Crippen MR) is 67.1 cm³/mol. The highest BCUT2D eigenvalue weighted by molar-refractivity contribution is 9.09. The first-order valence-electron chi connectivity index (χ1n) is 5.15.